The highest BCUT2D eigenvalue weighted by Gasteiger charge is 2.31. The molecule has 0 saturated heterocycles. The van der Waals surface area contributed by atoms with E-state index in [0.717, 1.165) is 28.6 Å². The molecule has 1 aromatic heterocycles. The van der Waals surface area contributed by atoms with Crippen LogP contribution in [0.2, 0.25) is 5.02 Å². The number of amides is 1. The Morgan fingerprint density at radius 1 is 1.00 bits per heavy atom. The van der Waals surface area contributed by atoms with Crippen LogP contribution in [0.4, 0.5) is 13.2 Å². The van der Waals surface area contributed by atoms with Gasteiger partial charge < -0.3 is 9.72 Å². The van der Waals surface area contributed by atoms with Crippen molar-refractivity contribution < 1.29 is 27.5 Å². The summed E-state index contributed by atoms with van der Waals surface area (Å²) < 4.78 is 45.8. The third kappa shape index (κ3) is 6.53. The van der Waals surface area contributed by atoms with Gasteiger partial charge in [0.15, 0.2) is 5.75 Å². The van der Waals surface area contributed by atoms with E-state index in [4.69, 9.17) is 16.3 Å². The molecule has 2 N–H and O–H groups in total. The van der Waals surface area contributed by atoms with Crippen molar-refractivity contribution in [1.29, 1.82) is 0 Å². The Bertz CT molecular complexity index is 1920. The van der Waals surface area contributed by atoms with Crippen LogP contribution in [0, 0.1) is 6.92 Å². The summed E-state index contributed by atoms with van der Waals surface area (Å²) >= 11 is 13.2. The number of alkyl halides is 3. The number of fused-ring (bicyclic) bond motifs is 1. The fourth-order valence-electron chi connectivity index (χ4n) is 4.45. The predicted molar refractivity (Wildman–Crippen MR) is 167 cm³/mol. The average Bonchev–Trinajstić information content (AvgIpc) is 3.35. The summed E-state index contributed by atoms with van der Waals surface area (Å²) in [6.45, 7) is 1.92. The monoisotopic (exact) mass is 731 g/mol. The number of nitrogens with one attached hydrogen (secondary N) is 2. The second-order valence-electron chi connectivity index (χ2n) is 9.33. The maximum atomic E-state index is 13.4. The molecule has 6 nitrogen and oxygen atoms in total. The zero-order valence-corrected chi connectivity index (χ0v) is 26.0. The van der Waals surface area contributed by atoms with Gasteiger partial charge in [0.25, 0.3) is 5.91 Å². The van der Waals surface area contributed by atoms with Crippen LogP contribution in [0.3, 0.4) is 0 Å². The highest BCUT2D eigenvalue weighted by molar-refractivity contribution is 9.11. The van der Waals surface area contributed by atoms with E-state index in [1.165, 1.54) is 12.3 Å². The summed E-state index contributed by atoms with van der Waals surface area (Å²) in [5.74, 6) is -1.58. The van der Waals surface area contributed by atoms with E-state index in [1.807, 2.05) is 37.3 Å². The molecule has 1 heterocycles. The Labute approximate surface area is 265 Å². The largest absolute Gasteiger partial charge is 0.421 e. The number of carbonyl (C=O) groups excluding carboxylic acids is 2. The number of carbonyl (C=O) groups is 2. The number of halogens is 6. The number of H-pyrrole nitrogens is 1. The van der Waals surface area contributed by atoms with Crippen molar-refractivity contribution >= 4 is 72.5 Å². The zero-order valence-electron chi connectivity index (χ0n) is 22.0. The molecule has 1 amide bonds. The molecule has 5 aromatic rings. The molecular formula is C31H19Br2ClF3N3O3. The molecule has 218 valence electrons. The number of para-hydroxylation sites is 1. The van der Waals surface area contributed by atoms with Crippen LogP contribution in [-0.2, 0) is 6.18 Å². The third-order valence-electron chi connectivity index (χ3n) is 6.44. The van der Waals surface area contributed by atoms with Crippen LogP contribution >= 0.6 is 43.5 Å². The summed E-state index contributed by atoms with van der Waals surface area (Å²) in [5.41, 5.74) is 4.68. The van der Waals surface area contributed by atoms with E-state index in [-0.39, 0.29) is 22.6 Å². The number of aryl methyl sites for hydroxylation is 1. The number of esters is 1. The maximum absolute atomic E-state index is 13.4. The molecular weight excluding hydrogens is 715 g/mol. The number of benzene rings is 4. The quantitative estimate of drug-likeness (QED) is 0.0790. The van der Waals surface area contributed by atoms with Gasteiger partial charge in [-0.05, 0) is 64.8 Å². The summed E-state index contributed by atoms with van der Waals surface area (Å²) in [7, 11) is 0. The second-order valence-corrected chi connectivity index (χ2v) is 11.5. The summed E-state index contributed by atoms with van der Waals surface area (Å²) in [6, 6.07) is 19.9. The molecule has 0 saturated carbocycles. The molecule has 0 aliphatic carbocycles. The number of rotatable bonds is 6. The minimum atomic E-state index is -4.63. The van der Waals surface area contributed by atoms with Gasteiger partial charge in [0.2, 0.25) is 0 Å². The molecule has 4 aromatic carbocycles. The van der Waals surface area contributed by atoms with Gasteiger partial charge in [-0.3, -0.25) is 4.79 Å². The molecule has 12 heteroatoms. The molecule has 0 spiro atoms. The molecule has 0 aliphatic rings. The van der Waals surface area contributed by atoms with Crippen LogP contribution in [0.1, 0.15) is 37.5 Å². The van der Waals surface area contributed by atoms with E-state index in [2.05, 4.69) is 47.4 Å². The average molecular weight is 734 g/mol. The SMILES string of the molecule is Cc1cccc2c(-c3ccccc3Cl)c(C(=O)NN=Cc3cc(Br)cc(Br)c3OC(=O)c3cccc(C(F)(F)F)c3)[nH]c12. The highest BCUT2D eigenvalue weighted by Crippen LogP contribution is 2.38. The lowest BCUT2D eigenvalue weighted by atomic mass is 10.0. The Balaban J connectivity index is 1.45. The van der Waals surface area contributed by atoms with E-state index in [9.17, 15) is 22.8 Å². The third-order valence-corrected chi connectivity index (χ3v) is 7.82. The van der Waals surface area contributed by atoms with E-state index in [0.29, 0.717) is 31.2 Å². The lowest BCUT2D eigenvalue weighted by molar-refractivity contribution is -0.137. The minimum Gasteiger partial charge on any atom is -0.421 e. The first-order valence-electron chi connectivity index (χ1n) is 12.5. The zero-order chi connectivity index (χ0) is 30.9. The Morgan fingerprint density at radius 3 is 2.49 bits per heavy atom. The normalized spacial score (nSPS) is 11.7. The highest BCUT2D eigenvalue weighted by atomic mass is 79.9. The van der Waals surface area contributed by atoms with Crippen molar-refractivity contribution in [2.75, 3.05) is 0 Å². The van der Waals surface area contributed by atoms with Crippen molar-refractivity contribution in [3.63, 3.8) is 0 Å². The Hall–Kier alpha value is -3.93. The van der Waals surface area contributed by atoms with Crippen LogP contribution in [0.5, 0.6) is 5.75 Å². The number of nitrogens with zero attached hydrogens (tertiary/aromatic N) is 1. The van der Waals surface area contributed by atoms with Crippen molar-refractivity contribution in [2.45, 2.75) is 13.1 Å². The van der Waals surface area contributed by atoms with Crippen molar-refractivity contribution in [1.82, 2.24) is 10.4 Å². The van der Waals surface area contributed by atoms with Crippen LogP contribution in [-0.4, -0.2) is 23.1 Å². The number of aromatic amines is 1. The topological polar surface area (TPSA) is 83.5 Å². The molecule has 0 unspecified atom stereocenters. The number of hydrogen-bond donors (Lipinski definition) is 2. The van der Waals surface area contributed by atoms with Gasteiger partial charge in [-0.2, -0.15) is 18.3 Å². The van der Waals surface area contributed by atoms with Crippen LogP contribution in [0.15, 0.2) is 92.9 Å². The van der Waals surface area contributed by atoms with Crippen molar-refractivity contribution in [3.05, 3.63) is 121 Å². The van der Waals surface area contributed by atoms with E-state index < -0.39 is 23.6 Å². The van der Waals surface area contributed by atoms with Gasteiger partial charge in [0.1, 0.15) is 5.69 Å². The van der Waals surface area contributed by atoms with Crippen molar-refractivity contribution in [2.24, 2.45) is 5.10 Å². The van der Waals surface area contributed by atoms with Gasteiger partial charge in [-0.15, -0.1) is 0 Å². The minimum absolute atomic E-state index is 0.0124. The smallest absolute Gasteiger partial charge is 0.416 e. The number of hydrogen-bond acceptors (Lipinski definition) is 4. The van der Waals surface area contributed by atoms with Crippen molar-refractivity contribution in [3.8, 4) is 16.9 Å². The van der Waals surface area contributed by atoms with Gasteiger partial charge in [0, 0.05) is 37.1 Å². The molecule has 0 fully saturated rings. The van der Waals surface area contributed by atoms with Gasteiger partial charge in [-0.1, -0.05) is 70.0 Å². The maximum Gasteiger partial charge on any atom is 0.416 e. The molecule has 43 heavy (non-hydrogen) atoms. The Kier molecular flexibility index (Phi) is 8.77. The van der Waals surface area contributed by atoms with E-state index >= 15 is 0 Å². The first-order valence-corrected chi connectivity index (χ1v) is 14.5. The molecule has 0 bridgehead atoms. The second kappa shape index (κ2) is 12.4. The molecule has 5 rings (SSSR count). The fraction of sp³-hybridized carbons (Fsp3) is 0.0645. The van der Waals surface area contributed by atoms with E-state index in [1.54, 1.807) is 24.3 Å². The lowest BCUT2D eigenvalue weighted by Crippen LogP contribution is -2.19. The van der Waals surface area contributed by atoms with Gasteiger partial charge in [-0.25, -0.2) is 10.2 Å². The van der Waals surface area contributed by atoms with Crippen LogP contribution < -0.4 is 10.2 Å². The van der Waals surface area contributed by atoms with Gasteiger partial charge in [0.05, 0.1) is 21.8 Å². The van der Waals surface area contributed by atoms with Gasteiger partial charge >= 0.3 is 12.1 Å². The number of ether oxygens (including phenoxy) is 1. The summed E-state index contributed by atoms with van der Waals surface area (Å²) in [4.78, 5) is 29.4. The molecule has 0 radical (unpaired) electrons. The Morgan fingerprint density at radius 2 is 1.74 bits per heavy atom. The molecule has 0 atom stereocenters. The fourth-order valence-corrected chi connectivity index (χ4v) is 6.02. The predicted octanol–water partition coefficient (Wildman–Crippen LogP) is 9.32. The first-order chi connectivity index (χ1) is 20.4. The van der Waals surface area contributed by atoms with Crippen LogP contribution in [0.25, 0.3) is 22.0 Å². The first kappa shape index (κ1) is 30.5. The molecule has 0 aliphatic heterocycles. The standard InChI is InChI=1S/C31H19Br2ClF3N3O3/c1-16-6-4-10-22-25(21-9-2-3-11-24(21)34)27(39-26(16)22)29(41)40-38-15-18-13-20(32)14-23(33)28(18)43-30(42)17-7-5-8-19(12-17)31(35,36)37/h2-15,39H,1H3,(H,40,41). The lowest BCUT2D eigenvalue weighted by Gasteiger charge is -2.12. The number of hydrazone groups is 1. The number of aromatic nitrogens is 1. The summed E-state index contributed by atoms with van der Waals surface area (Å²) in [6.07, 6.45) is -3.37. The summed E-state index contributed by atoms with van der Waals surface area (Å²) in [5, 5.41) is 5.35.